The zero-order chi connectivity index (χ0) is 15.2. The molecule has 0 aliphatic heterocycles. The van der Waals surface area contributed by atoms with Gasteiger partial charge in [-0.2, -0.15) is 0 Å². The first kappa shape index (κ1) is 15.4. The minimum absolute atomic E-state index is 0.0303. The van der Waals surface area contributed by atoms with Gasteiger partial charge in [0.1, 0.15) is 5.82 Å². The molecular weight excluding hydrogens is 273 g/mol. The highest BCUT2D eigenvalue weighted by Gasteiger charge is 2.28. The second-order valence-corrected chi connectivity index (χ2v) is 5.32. The molecule has 0 saturated heterocycles. The van der Waals surface area contributed by atoms with Crippen LogP contribution in [0.2, 0.25) is 0 Å². The lowest BCUT2D eigenvalue weighted by molar-refractivity contribution is -0.121. The van der Waals surface area contributed by atoms with Gasteiger partial charge in [0.2, 0.25) is 5.91 Å². The molecule has 0 bridgehead atoms. The van der Waals surface area contributed by atoms with E-state index < -0.39 is 5.82 Å². The number of carbonyl (C=O) groups excluding carboxylic acids is 2. The van der Waals surface area contributed by atoms with Crippen LogP contribution in [0.5, 0.6) is 0 Å². The highest BCUT2D eigenvalue weighted by Crippen LogP contribution is 2.31. The van der Waals surface area contributed by atoms with Gasteiger partial charge in [-0.25, -0.2) is 4.39 Å². The first-order chi connectivity index (χ1) is 10.1. The maximum absolute atomic E-state index is 12.7. The van der Waals surface area contributed by atoms with Crippen molar-refractivity contribution in [1.29, 1.82) is 0 Å². The molecule has 2 rings (SSSR count). The predicted molar refractivity (Wildman–Crippen MR) is 77.1 cm³/mol. The van der Waals surface area contributed by atoms with Crippen LogP contribution in [0, 0.1) is 11.7 Å². The normalized spacial score (nSPS) is 15.3. The van der Waals surface area contributed by atoms with E-state index in [0.29, 0.717) is 18.0 Å². The van der Waals surface area contributed by atoms with Gasteiger partial charge >= 0.3 is 0 Å². The predicted octanol–water partition coefficient (Wildman–Crippen LogP) is 0.799. The van der Waals surface area contributed by atoms with Crippen molar-refractivity contribution >= 4 is 11.8 Å². The fraction of sp³-hybridized carbons (Fsp3) is 0.467. The van der Waals surface area contributed by atoms with Gasteiger partial charge in [0.25, 0.3) is 5.91 Å². The molecule has 1 atom stereocenters. The Kier molecular flexibility index (Phi) is 5.27. The van der Waals surface area contributed by atoms with Crippen molar-refractivity contribution < 1.29 is 14.0 Å². The van der Waals surface area contributed by atoms with Gasteiger partial charge in [-0.05, 0) is 43.0 Å². The van der Waals surface area contributed by atoms with E-state index in [-0.39, 0.29) is 30.8 Å². The van der Waals surface area contributed by atoms with Crippen molar-refractivity contribution in [2.24, 2.45) is 11.7 Å². The molecule has 114 valence electrons. The summed E-state index contributed by atoms with van der Waals surface area (Å²) >= 11 is 0. The van der Waals surface area contributed by atoms with Crippen molar-refractivity contribution in [2.75, 3.05) is 13.1 Å². The molecule has 0 spiro atoms. The fourth-order valence-electron chi connectivity index (χ4n) is 2.00. The Hall–Kier alpha value is -1.95. The third kappa shape index (κ3) is 5.15. The average Bonchev–Trinajstić information content (AvgIpc) is 3.30. The summed E-state index contributed by atoms with van der Waals surface area (Å²) in [5, 5.41) is 5.38. The molecule has 0 heterocycles. The molecule has 1 saturated carbocycles. The van der Waals surface area contributed by atoms with Gasteiger partial charge in [0.05, 0.1) is 0 Å². The number of hydrogen-bond donors (Lipinski definition) is 3. The second-order valence-electron chi connectivity index (χ2n) is 5.32. The van der Waals surface area contributed by atoms with Gasteiger partial charge in [-0.3, -0.25) is 9.59 Å². The third-order valence-electron chi connectivity index (χ3n) is 3.51. The van der Waals surface area contributed by atoms with Gasteiger partial charge < -0.3 is 16.4 Å². The quantitative estimate of drug-likeness (QED) is 0.695. The monoisotopic (exact) mass is 293 g/mol. The minimum atomic E-state index is -0.391. The smallest absolute Gasteiger partial charge is 0.251 e. The molecule has 1 aliphatic rings. The summed E-state index contributed by atoms with van der Waals surface area (Å²) in [6.07, 6.45) is 2.49. The number of nitrogens with one attached hydrogen (secondary N) is 2. The van der Waals surface area contributed by atoms with E-state index in [0.717, 1.165) is 12.8 Å². The Morgan fingerprint density at radius 3 is 2.52 bits per heavy atom. The molecule has 2 amide bonds. The van der Waals surface area contributed by atoms with E-state index in [1.165, 1.54) is 24.3 Å². The molecule has 1 aliphatic carbocycles. The average molecular weight is 293 g/mol. The third-order valence-corrected chi connectivity index (χ3v) is 3.51. The molecule has 0 aromatic heterocycles. The van der Waals surface area contributed by atoms with Crippen LogP contribution in [0.25, 0.3) is 0 Å². The number of halogens is 1. The second kappa shape index (κ2) is 7.17. The molecular formula is C15H20FN3O2. The number of rotatable bonds is 7. The topological polar surface area (TPSA) is 84.2 Å². The number of benzene rings is 1. The lowest BCUT2D eigenvalue weighted by Gasteiger charge is -2.11. The SMILES string of the molecule is NC(CNC(=O)CCNC(=O)c1ccc(F)cc1)C1CC1. The molecule has 1 aromatic carbocycles. The summed E-state index contributed by atoms with van der Waals surface area (Å²) in [6.45, 7) is 0.718. The van der Waals surface area contributed by atoms with Crippen LogP contribution in [0.15, 0.2) is 24.3 Å². The molecule has 1 aromatic rings. The first-order valence-corrected chi connectivity index (χ1v) is 7.12. The minimum Gasteiger partial charge on any atom is -0.354 e. The summed E-state index contributed by atoms with van der Waals surface area (Å²) < 4.78 is 12.7. The van der Waals surface area contributed by atoms with E-state index in [1.807, 2.05) is 0 Å². The molecule has 5 nitrogen and oxygen atoms in total. The Morgan fingerprint density at radius 2 is 1.90 bits per heavy atom. The largest absolute Gasteiger partial charge is 0.354 e. The van der Waals surface area contributed by atoms with Crippen LogP contribution in [0.3, 0.4) is 0 Å². The summed E-state index contributed by atoms with van der Waals surface area (Å²) in [5.41, 5.74) is 6.25. The van der Waals surface area contributed by atoms with E-state index in [4.69, 9.17) is 5.73 Å². The first-order valence-electron chi connectivity index (χ1n) is 7.12. The zero-order valence-corrected chi connectivity index (χ0v) is 11.8. The summed E-state index contributed by atoms with van der Waals surface area (Å²) in [7, 11) is 0. The van der Waals surface area contributed by atoms with Crippen molar-refractivity contribution in [3.8, 4) is 0 Å². The van der Waals surface area contributed by atoms with Crippen LogP contribution in [-0.4, -0.2) is 30.9 Å². The van der Waals surface area contributed by atoms with Gasteiger partial charge in [0.15, 0.2) is 0 Å². The fourth-order valence-corrected chi connectivity index (χ4v) is 2.00. The van der Waals surface area contributed by atoms with E-state index in [2.05, 4.69) is 10.6 Å². The highest BCUT2D eigenvalue weighted by atomic mass is 19.1. The van der Waals surface area contributed by atoms with Crippen LogP contribution in [0.1, 0.15) is 29.6 Å². The lowest BCUT2D eigenvalue weighted by Crippen LogP contribution is -2.39. The van der Waals surface area contributed by atoms with Gasteiger partial charge in [-0.1, -0.05) is 0 Å². The van der Waals surface area contributed by atoms with E-state index in [9.17, 15) is 14.0 Å². The van der Waals surface area contributed by atoms with Gasteiger partial charge in [-0.15, -0.1) is 0 Å². The lowest BCUT2D eigenvalue weighted by atomic mass is 10.2. The van der Waals surface area contributed by atoms with Crippen LogP contribution in [-0.2, 0) is 4.79 Å². The highest BCUT2D eigenvalue weighted by molar-refractivity contribution is 5.94. The van der Waals surface area contributed by atoms with Crippen LogP contribution >= 0.6 is 0 Å². The molecule has 21 heavy (non-hydrogen) atoms. The standard InChI is InChI=1S/C15H20FN3O2/c16-12-5-3-11(4-6-12)15(21)18-8-7-14(20)19-9-13(17)10-1-2-10/h3-6,10,13H,1-2,7-9,17H2,(H,18,21)(H,19,20). The molecule has 0 radical (unpaired) electrons. The number of hydrogen-bond acceptors (Lipinski definition) is 3. The van der Waals surface area contributed by atoms with Gasteiger partial charge in [0, 0.05) is 31.1 Å². The van der Waals surface area contributed by atoms with Crippen LogP contribution < -0.4 is 16.4 Å². The molecule has 1 unspecified atom stereocenters. The molecule has 6 heteroatoms. The number of amides is 2. The van der Waals surface area contributed by atoms with Crippen molar-refractivity contribution in [3.63, 3.8) is 0 Å². The Bertz CT molecular complexity index is 500. The maximum Gasteiger partial charge on any atom is 0.251 e. The zero-order valence-electron chi connectivity index (χ0n) is 11.8. The summed E-state index contributed by atoms with van der Waals surface area (Å²) in [6, 6.07) is 5.28. The Labute approximate surface area is 123 Å². The summed E-state index contributed by atoms with van der Waals surface area (Å²) in [5.74, 6) is -0.301. The number of carbonyl (C=O) groups is 2. The van der Waals surface area contributed by atoms with Crippen molar-refractivity contribution in [1.82, 2.24) is 10.6 Å². The Morgan fingerprint density at radius 1 is 1.24 bits per heavy atom. The molecule has 4 N–H and O–H groups in total. The van der Waals surface area contributed by atoms with Crippen LogP contribution in [0.4, 0.5) is 4.39 Å². The Balaban J connectivity index is 1.62. The summed E-state index contributed by atoms with van der Waals surface area (Å²) in [4.78, 5) is 23.3. The van der Waals surface area contributed by atoms with E-state index >= 15 is 0 Å². The van der Waals surface area contributed by atoms with Crippen molar-refractivity contribution in [2.45, 2.75) is 25.3 Å². The maximum atomic E-state index is 12.7. The van der Waals surface area contributed by atoms with E-state index in [1.54, 1.807) is 0 Å². The molecule has 1 fully saturated rings. The van der Waals surface area contributed by atoms with Crippen molar-refractivity contribution in [3.05, 3.63) is 35.6 Å². The number of nitrogens with two attached hydrogens (primary N) is 1.